The molecular weight excluding hydrogens is 344 g/mol. The van der Waals surface area contributed by atoms with Crippen LogP contribution in [-0.4, -0.2) is 18.5 Å². The molecule has 3 atom stereocenters. The molecule has 0 aliphatic heterocycles. The first kappa shape index (κ1) is 18.9. The predicted molar refractivity (Wildman–Crippen MR) is 108 cm³/mol. The number of hydrogen-bond donors (Lipinski definition) is 2. The molecule has 0 heterocycles. The van der Waals surface area contributed by atoms with Crippen LogP contribution in [0.25, 0.3) is 0 Å². The number of rotatable bonds is 4. The third kappa shape index (κ3) is 3.04. The summed E-state index contributed by atoms with van der Waals surface area (Å²) in [6.07, 6.45) is 1.10. The standard InChI is InChI=1S/C22H26N2O.ClH/c1-13(14(2)23)22(25)24-12-15-11-20-16-7-3-5-9-18(16)21(15)19-10-6-4-8-17(19)20;/h3-10,13-15,20-21H,11-12,23H2,1-2H3,(H,24,25);1H. The first-order valence-corrected chi connectivity index (χ1v) is 9.29. The Balaban J connectivity index is 0.00000196. The molecule has 4 heteroatoms. The van der Waals surface area contributed by atoms with Gasteiger partial charge in [0.1, 0.15) is 0 Å². The fourth-order valence-corrected chi connectivity index (χ4v) is 4.59. The van der Waals surface area contributed by atoms with Crippen LogP contribution in [0.3, 0.4) is 0 Å². The molecule has 5 rings (SSSR count). The molecule has 3 aliphatic carbocycles. The van der Waals surface area contributed by atoms with E-state index in [9.17, 15) is 4.79 Å². The van der Waals surface area contributed by atoms with Crippen LogP contribution in [0.2, 0.25) is 0 Å². The maximum atomic E-state index is 12.3. The van der Waals surface area contributed by atoms with Gasteiger partial charge in [0.05, 0.1) is 0 Å². The number of benzene rings is 2. The van der Waals surface area contributed by atoms with Crippen molar-refractivity contribution >= 4 is 18.3 Å². The number of hydrogen-bond acceptors (Lipinski definition) is 2. The van der Waals surface area contributed by atoms with Gasteiger partial charge in [0, 0.05) is 30.3 Å². The molecule has 3 N–H and O–H groups in total. The van der Waals surface area contributed by atoms with Crippen molar-refractivity contribution in [2.75, 3.05) is 6.54 Å². The number of fused-ring (bicyclic) bond motifs is 1. The van der Waals surface area contributed by atoms with E-state index >= 15 is 0 Å². The second kappa shape index (κ2) is 7.42. The molecule has 0 saturated heterocycles. The van der Waals surface area contributed by atoms with Gasteiger partial charge in [0.15, 0.2) is 0 Å². The fourth-order valence-electron chi connectivity index (χ4n) is 4.59. The zero-order valence-corrected chi connectivity index (χ0v) is 16.1. The Bertz CT molecular complexity index is 757. The Morgan fingerprint density at radius 2 is 1.54 bits per heavy atom. The SMILES string of the molecule is CC(N)C(C)C(=O)NCC1CC2c3ccccc3C1c1ccccc12.Cl. The average Bonchev–Trinajstić information content (AvgIpc) is 2.65. The summed E-state index contributed by atoms with van der Waals surface area (Å²) in [6.45, 7) is 4.51. The summed E-state index contributed by atoms with van der Waals surface area (Å²) in [5, 5.41) is 3.16. The third-order valence-electron chi connectivity index (χ3n) is 6.16. The lowest BCUT2D eigenvalue weighted by Gasteiger charge is -2.45. The molecular formula is C22H27ClN2O. The number of amides is 1. The predicted octanol–water partition coefficient (Wildman–Crippen LogP) is 3.81. The minimum atomic E-state index is -0.152. The van der Waals surface area contributed by atoms with E-state index < -0.39 is 0 Å². The first-order valence-electron chi connectivity index (χ1n) is 9.29. The molecule has 3 aliphatic rings. The monoisotopic (exact) mass is 370 g/mol. The minimum Gasteiger partial charge on any atom is -0.356 e. The zero-order valence-electron chi connectivity index (χ0n) is 15.3. The van der Waals surface area contributed by atoms with Crippen LogP contribution >= 0.6 is 12.4 Å². The summed E-state index contributed by atoms with van der Waals surface area (Å²) < 4.78 is 0. The van der Waals surface area contributed by atoms with E-state index in [-0.39, 0.29) is 30.3 Å². The van der Waals surface area contributed by atoms with Gasteiger partial charge in [0.2, 0.25) is 5.91 Å². The van der Waals surface area contributed by atoms with Gasteiger partial charge >= 0.3 is 0 Å². The van der Waals surface area contributed by atoms with Gasteiger partial charge in [-0.05, 0) is 41.5 Å². The number of halogens is 1. The fraction of sp³-hybridized carbons (Fsp3) is 0.409. The molecule has 3 nitrogen and oxygen atoms in total. The summed E-state index contributed by atoms with van der Waals surface area (Å²) in [4.78, 5) is 12.3. The van der Waals surface area contributed by atoms with E-state index in [4.69, 9.17) is 5.73 Å². The van der Waals surface area contributed by atoms with Crippen LogP contribution in [0.4, 0.5) is 0 Å². The smallest absolute Gasteiger partial charge is 0.224 e. The molecule has 2 aromatic rings. The van der Waals surface area contributed by atoms with Crippen molar-refractivity contribution in [1.29, 1.82) is 0 Å². The van der Waals surface area contributed by atoms with Crippen LogP contribution in [0.1, 0.15) is 54.4 Å². The molecule has 0 fully saturated rings. The van der Waals surface area contributed by atoms with E-state index in [1.165, 1.54) is 22.3 Å². The highest BCUT2D eigenvalue weighted by Crippen LogP contribution is 2.55. The Hall–Kier alpha value is -1.84. The van der Waals surface area contributed by atoms with Crippen LogP contribution in [-0.2, 0) is 4.79 Å². The highest BCUT2D eigenvalue weighted by molar-refractivity contribution is 5.85. The van der Waals surface area contributed by atoms with E-state index in [0.717, 1.165) is 13.0 Å². The van der Waals surface area contributed by atoms with Crippen molar-refractivity contribution in [3.63, 3.8) is 0 Å². The van der Waals surface area contributed by atoms with Gasteiger partial charge in [-0.25, -0.2) is 0 Å². The van der Waals surface area contributed by atoms with Crippen molar-refractivity contribution in [3.05, 3.63) is 70.8 Å². The van der Waals surface area contributed by atoms with Crippen molar-refractivity contribution in [1.82, 2.24) is 5.32 Å². The van der Waals surface area contributed by atoms with Crippen LogP contribution < -0.4 is 11.1 Å². The molecule has 26 heavy (non-hydrogen) atoms. The molecule has 0 saturated carbocycles. The Kier molecular flexibility index (Phi) is 5.40. The van der Waals surface area contributed by atoms with Gasteiger partial charge in [0.25, 0.3) is 0 Å². The number of carbonyl (C=O) groups excluding carboxylic acids is 1. The van der Waals surface area contributed by atoms with Crippen molar-refractivity contribution in [2.24, 2.45) is 17.6 Å². The van der Waals surface area contributed by atoms with E-state index in [2.05, 4.69) is 53.8 Å². The molecule has 0 radical (unpaired) electrons. The number of carbonyl (C=O) groups is 1. The number of nitrogens with two attached hydrogens (primary N) is 1. The Morgan fingerprint density at radius 1 is 1.04 bits per heavy atom. The van der Waals surface area contributed by atoms with E-state index in [1.54, 1.807) is 0 Å². The van der Waals surface area contributed by atoms with Gasteiger partial charge in [-0.3, -0.25) is 4.79 Å². The summed E-state index contributed by atoms with van der Waals surface area (Å²) in [7, 11) is 0. The van der Waals surface area contributed by atoms with Crippen LogP contribution in [0.15, 0.2) is 48.5 Å². The second-order valence-electron chi connectivity index (χ2n) is 7.68. The quantitative estimate of drug-likeness (QED) is 0.859. The van der Waals surface area contributed by atoms with E-state index in [1.807, 2.05) is 13.8 Å². The average molecular weight is 371 g/mol. The maximum absolute atomic E-state index is 12.3. The largest absolute Gasteiger partial charge is 0.356 e. The van der Waals surface area contributed by atoms with Gasteiger partial charge in [-0.2, -0.15) is 0 Å². The van der Waals surface area contributed by atoms with E-state index in [0.29, 0.717) is 17.8 Å². The summed E-state index contributed by atoms with van der Waals surface area (Å²) in [5.74, 6) is 1.19. The Morgan fingerprint density at radius 3 is 2.04 bits per heavy atom. The van der Waals surface area contributed by atoms with Crippen molar-refractivity contribution < 1.29 is 4.79 Å². The van der Waals surface area contributed by atoms with Gasteiger partial charge in [-0.15, -0.1) is 12.4 Å². The lowest BCUT2D eigenvalue weighted by atomic mass is 9.59. The molecule has 3 unspecified atom stereocenters. The number of nitrogens with one attached hydrogen (secondary N) is 1. The highest BCUT2D eigenvalue weighted by Gasteiger charge is 2.42. The molecule has 2 aromatic carbocycles. The molecule has 0 spiro atoms. The van der Waals surface area contributed by atoms with Gasteiger partial charge < -0.3 is 11.1 Å². The normalized spacial score (nSPS) is 24.7. The lowest BCUT2D eigenvalue weighted by Crippen LogP contribution is -2.43. The topological polar surface area (TPSA) is 55.1 Å². The van der Waals surface area contributed by atoms with Crippen LogP contribution in [0.5, 0.6) is 0 Å². The zero-order chi connectivity index (χ0) is 17.6. The van der Waals surface area contributed by atoms with Crippen LogP contribution in [0, 0.1) is 11.8 Å². The maximum Gasteiger partial charge on any atom is 0.224 e. The van der Waals surface area contributed by atoms with Crippen molar-refractivity contribution in [3.8, 4) is 0 Å². The first-order chi connectivity index (χ1) is 12.1. The summed E-state index contributed by atoms with van der Waals surface area (Å²) in [5.41, 5.74) is 11.7. The molecule has 2 bridgehead atoms. The molecule has 138 valence electrons. The van der Waals surface area contributed by atoms with Crippen molar-refractivity contribution in [2.45, 2.75) is 38.1 Å². The summed E-state index contributed by atoms with van der Waals surface area (Å²) in [6, 6.07) is 17.5. The van der Waals surface area contributed by atoms with Gasteiger partial charge in [-0.1, -0.05) is 55.5 Å². The Labute approximate surface area is 161 Å². The third-order valence-corrected chi connectivity index (χ3v) is 6.16. The highest BCUT2D eigenvalue weighted by atomic mass is 35.5. The second-order valence-corrected chi connectivity index (χ2v) is 7.68. The molecule has 1 amide bonds. The lowest BCUT2D eigenvalue weighted by molar-refractivity contribution is -0.125. The summed E-state index contributed by atoms with van der Waals surface area (Å²) >= 11 is 0. The molecule has 0 aromatic heterocycles. The minimum absolute atomic E-state index is 0.